The van der Waals surface area contributed by atoms with E-state index >= 15 is 0 Å². The second-order valence-corrected chi connectivity index (χ2v) is 7.91. The average Bonchev–Trinajstić information content (AvgIpc) is 2.92. The fourth-order valence-corrected chi connectivity index (χ4v) is 2.59. The molecule has 29 heavy (non-hydrogen) atoms. The second kappa shape index (κ2) is 12.2. The Balaban J connectivity index is 0.00000784. The molecule has 1 rings (SSSR count). The molecule has 1 amide bonds. The van der Waals surface area contributed by atoms with Gasteiger partial charge in [-0.1, -0.05) is 13.8 Å². The maximum Gasteiger partial charge on any atom is 0.408 e. The van der Waals surface area contributed by atoms with Crippen LogP contribution in [0.4, 0.5) is 4.79 Å². The molecule has 0 aliphatic rings. The minimum absolute atomic E-state index is 0. The first-order valence-electron chi connectivity index (χ1n) is 10.0. The fraction of sp³-hybridized carbons (Fsp3) is 0.750. The Hall–Kier alpha value is -1.52. The molecule has 0 saturated heterocycles. The molecule has 0 spiro atoms. The number of carbonyl (C=O) groups excluding carboxylic acids is 1. The van der Waals surface area contributed by atoms with Crippen molar-refractivity contribution >= 4 is 36.0 Å². The predicted molar refractivity (Wildman–Crippen MR) is 127 cm³/mol. The van der Waals surface area contributed by atoms with Crippen LogP contribution in [-0.2, 0) is 11.3 Å². The number of hydrogen-bond donors (Lipinski definition) is 3. The summed E-state index contributed by atoms with van der Waals surface area (Å²) >= 11 is 0. The maximum atomic E-state index is 12.3. The number of carbonyl (C=O) groups is 1. The van der Waals surface area contributed by atoms with Gasteiger partial charge in [-0.05, 0) is 54.4 Å². The number of guanidine groups is 1. The standard InChI is InChI=1S/C20H37N5O3.HI/c1-9-20(10-2,25-18(26)28-19(6,7)8)13-23-17(21-11-3)22-12-16-24-14(4)15(5)27-16;/h9-13H2,1-8H3,(H,25,26)(H2,21,22,23);1H. The molecule has 0 aromatic carbocycles. The molecule has 0 aliphatic carbocycles. The van der Waals surface area contributed by atoms with Crippen molar-refractivity contribution in [1.29, 1.82) is 0 Å². The summed E-state index contributed by atoms with van der Waals surface area (Å²) in [6.45, 7) is 17.0. The monoisotopic (exact) mass is 523 g/mol. The molecule has 168 valence electrons. The number of oxazole rings is 1. The topological polar surface area (TPSA) is 101 Å². The van der Waals surface area contributed by atoms with E-state index in [0.29, 0.717) is 24.9 Å². The highest BCUT2D eigenvalue weighted by Crippen LogP contribution is 2.16. The maximum absolute atomic E-state index is 12.3. The molecule has 1 aromatic heterocycles. The van der Waals surface area contributed by atoms with Gasteiger partial charge in [0.2, 0.25) is 5.89 Å². The van der Waals surface area contributed by atoms with E-state index in [1.54, 1.807) is 0 Å². The molecule has 0 radical (unpaired) electrons. The molecular weight excluding hydrogens is 485 g/mol. The van der Waals surface area contributed by atoms with Gasteiger partial charge in [0.1, 0.15) is 17.9 Å². The first kappa shape index (κ1) is 27.5. The smallest absolute Gasteiger partial charge is 0.408 e. The Morgan fingerprint density at radius 3 is 2.21 bits per heavy atom. The molecule has 0 atom stereocenters. The SMILES string of the molecule is CCNC(=NCc1nc(C)c(C)o1)NCC(CC)(CC)NC(=O)OC(C)(C)C.I. The number of nitrogens with zero attached hydrogens (tertiary/aromatic N) is 2. The van der Waals surface area contributed by atoms with Crippen molar-refractivity contribution in [2.45, 2.75) is 85.9 Å². The van der Waals surface area contributed by atoms with E-state index in [4.69, 9.17) is 9.15 Å². The summed E-state index contributed by atoms with van der Waals surface area (Å²) in [5.41, 5.74) is -0.0945. The molecule has 1 heterocycles. The average molecular weight is 523 g/mol. The van der Waals surface area contributed by atoms with Crippen molar-refractivity contribution in [2.24, 2.45) is 4.99 Å². The minimum Gasteiger partial charge on any atom is -0.444 e. The van der Waals surface area contributed by atoms with Gasteiger partial charge in [-0.2, -0.15) is 0 Å². The van der Waals surface area contributed by atoms with Crippen molar-refractivity contribution in [1.82, 2.24) is 20.9 Å². The largest absolute Gasteiger partial charge is 0.444 e. The quantitative estimate of drug-likeness (QED) is 0.270. The zero-order chi connectivity index (χ0) is 21.4. The minimum atomic E-state index is -0.534. The number of hydrogen-bond acceptors (Lipinski definition) is 5. The van der Waals surface area contributed by atoms with Gasteiger partial charge in [0.15, 0.2) is 5.96 Å². The summed E-state index contributed by atoms with van der Waals surface area (Å²) in [6, 6.07) is 0. The van der Waals surface area contributed by atoms with Crippen molar-refractivity contribution in [3.8, 4) is 0 Å². The van der Waals surface area contributed by atoms with Crippen LogP contribution in [0.1, 0.15) is 71.7 Å². The van der Waals surface area contributed by atoms with E-state index in [2.05, 4.69) is 25.9 Å². The van der Waals surface area contributed by atoms with Gasteiger partial charge in [0.05, 0.1) is 11.2 Å². The van der Waals surface area contributed by atoms with Gasteiger partial charge in [0, 0.05) is 13.1 Å². The lowest BCUT2D eigenvalue weighted by Gasteiger charge is -2.34. The number of aromatic nitrogens is 1. The van der Waals surface area contributed by atoms with Gasteiger partial charge in [0.25, 0.3) is 0 Å². The van der Waals surface area contributed by atoms with Crippen LogP contribution in [-0.4, -0.2) is 41.3 Å². The van der Waals surface area contributed by atoms with Gasteiger partial charge >= 0.3 is 6.09 Å². The number of aliphatic imine (C=N–C) groups is 1. The van der Waals surface area contributed by atoms with Crippen LogP contribution in [0.15, 0.2) is 9.41 Å². The molecule has 0 aliphatic heterocycles. The van der Waals surface area contributed by atoms with Gasteiger partial charge in [-0.15, -0.1) is 24.0 Å². The number of alkyl carbamates (subject to hydrolysis) is 1. The first-order valence-corrected chi connectivity index (χ1v) is 10.0. The summed E-state index contributed by atoms with van der Waals surface area (Å²) < 4.78 is 11.0. The lowest BCUT2D eigenvalue weighted by molar-refractivity contribution is 0.0448. The molecule has 0 unspecified atom stereocenters. The molecule has 0 saturated carbocycles. The predicted octanol–water partition coefficient (Wildman–Crippen LogP) is 4.05. The van der Waals surface area contributed by atoms with E-state index in [-0.39, 0.29) is 24.0 Å². The van der Waals surface area contributed by atoms with Gasteiger partial charge in [-0.25, -0.2) is 14.8 Å². The summed E-state index contributed by atoms with van der Waals surface area (Å²) in [7, 11) is 0. The fourth-order valence-electron chi connectivity index (χ4n) is 2.59. The molecule has 1 aromatic rings. The van der Waals surface area contributed by atoms with Crippen LogP contribution >= 0.6 is 24.0 Å². The molecular formula is C20H38IN5O3. The zero-order valence-corrected chi connectivity index (χ0v) is 21.4. The molecule has 3 N–H and O–H groups in total. The Morgan fingerprint density at radius 1 is 1.14 bits per heavy atom. The van der Waals surface area contributed by atoms with Gasteiger partial charge in [-0.3, -0.25) is 0 Å². The number of aryl methyl sites for hydroxylation is 2. The van der Waals surface area contributed by atoms with Crippen LogP contribution in [0.5, 0.6) is 0 Å². The highest BCUT2D eigenvalue weighted by Gasteiger charge is 2.30. The van der Waals surface area contributed by atoms with Crippen LogP contribution in [0.25, 0.3) is 0 Å². The Bertz CT molecular complexity index is 644. The highest BCUT2D eigenvalue weighted by atomic mass is 127. The molecule has 0 bridgehead atoms. The summed E-state index contributed by atoms with van der Waals surface area (Å²) in [5.74, 6) is 2.03. The third kappa shape index (κ3) is 9.68. The lowest BCUT2D eigenvalue weighted by atomic mass is 9.93. The molecule has 9 heteroatoms. The number of ether oxygens (including phenoxy) is 1. The number of amides is 1. The Kier molecular flexibility index (Phi) is 11.6. The van der Waals surface area contributed by atoms with Crippen molar-refractivity contribution < 1.29 is 13.9 Å². The highest BCUT2D eigenvalue weighted by molar-refractivity contribution is 14.0. The third-order valence-corrected chi connectivity index (χ3v) is 4.50. The van der Waals surface area contributed by atoms with Crippen molar-refractivity contribution in [3.05, 3.63) is 17.3 Å². The van der Waals surface area contributed by atoms with E-state index in [1.807, 2.05) is 55.4 Å². The van der Waals surface area contributed by atoms with E-state index in [1.165, 1.54) is 0 Å². The van der Waals surface area contributed by atoms with Crippen LogP contribution in [0.3, 0.4) is 0 Å². The first-order chi connectivity index (χ1) is 13.0. The van der Waals surface area contributed by atoms with Crippen molar-refractivity contribution in [2.75, 3.05) is 13.1 Å². The van der Waals surface area contributed by atoms with E-state index in [9.17, 15) is 4.79 Å². The Labute approximate surface area is 192 Å². The van der Waals surface area contributed by atoms with Crippen LogP contribution < -0.4 is 16.0 Å². The normalized spacial score (nSPS) is 12.2. The van der Waals surface area contributed by atoms with Crippen molar-refractivity contribution in [3.63, 3.8) is 0 Å². The number of rotatable bonds is 8. The number of halogens is 1. The molecule has 0 fully saturated rings. The van der Waals surface area contributed by atoms with Gasteiger partial charge < -0.3 is 25.1 Å². The summed E-state index contributed by atoms with van der Waals surface area (Å²) in [5, 5.41) is 9.57. The zero-order valence-electron chi connectivity index (χ0n) is 19.1. The van der Waals surface area contributed by atoms with E-state index < -0.39 is 17.2 Å². The lowest BCUT2D eigenvalue weighted by Crippen LogP contribution is -2.57. The summed E-state index contributed by atoms with van der Waals surface area (Å²) in [4.78, 5) is 21.2. The third-order valence-electron chi connectivity index (χ3n) is 4.50. The second-order valence-electron chi connectivity index (χ2n) is 7.91. The van der Waals surface area contributed by atoms with Crippen LogP contribution in [0, 0.1) is 13.8 Å². The van der Waals surface area contributed by atoms with E-state index in [0.717, 1.165) is 30.8 Å². The Morgan fingerprint density at radius 2 is 1.76 bits per heavy atom. The van der Waals surface area contributed by atoms with Crippen LogP contribution in [0.2, 0.25) is 0 Å². The number of nitrogens with one attached hydrogen (secondary N) is 3. The molecule has 8 nitrogen and oxygen atoms in total. The summed E-state index contributed by atoms with van der Waals surface area (Å²) in [6.07, 6.45) is 1.10.